The van der Waals surface area contributed by atoms with Crippen molar-refractivity contribution < 1.29 is 23.1 Å². The number of hydrogen-bond donors (Lipinski definition) is 1. The lowest BCUT2D eigenvalue weighted by atomic mass is 9.99. The van der Waals surface area contributed by atoms with Gasteiger partial charge in [0.1, 0.15) is 17.7 Å². The highest BCUT2D eigenvalue weighted by Gasteiger charge is 2.26. The third kappa shape index (κ3) is 5.29. The Morgan fingerprint density at radius 1 is 1.36 bits per heavy atom. The summed E-state index contributed by atoms with van der Waals surface area (Å²) in [6.07, 6.45) is 0.694. The Bertz CT molecular complexity index is 540. The van der Waals surface area contributed by atoms with Gasteiger partial charge < -0.3 is 10.1 Å². The van der Waals surface area contributed by atoms with Gasteiger partial charge in [0.2, 0.25) is 5.91 Å². The van der Waals surface area contributed by atoms with Crippen LogP contribution in [-0.2, 0) is 14.3 Å². The van der Waals surface area contributed by atoms with Crippen LogP contribution in [0.1, 0.15) is 20.3 Å². The normalized spacial score (nSPS) is 13.3. The predicted octanol–water partition coefficient (Wildman–Crippen LogP) is 2.76. The van der Waals surface area contributed by atoms with Crippen LogP contribution < -0.4 is 5.32 Å². The molecule has 4 nitrogen and oxygen atoms in total. The molecule has 0 aliphatic carbocycles. The fourth-order valence-electron chi connectivity index (χ4n) is 1.75. The molecule has 1 aromatic rings. The van der Waals surface area contributed by atoms with Gasteiger partial charge in [-0.25, -0.2) is 13.6 Å². The van der Waals surface area contributed by atoms with Crippen molar-refractivity contribution in [2.45, 2.75) is 31.2 Å². The molecule has 1 N–H and O–H groups in total. The number of halogens is 2. The van der Waals surface area contributed by atoms with E-state index >= 15 is 0 Å². The van der Waals surface area contributed by atoms with E-state index in [9.17, 15) is 18.4 Å². The number of benzene rings is 1. The molecule has 0 radical (unpaired) electrons. The standard InChI is InChI=1S/C15H19F2NO3S/c1-4-9(2)14(15(20)21-3)18-13(19)8-22-12-6-5-10(16)7-11(12)17/h5-7,9,14H,4,8H2,1-3H3,(H,18,19)/t9-,14-/m1/s1. The fraction of sp³-hybridized carbons (Fsp3) is 0.467. The highest BCUT2D eigenvalue weighted by atomic mass is 32.2. The summed E-state index contributed by atoms with van der Waals surface area (Å²) >= 11 is 0.939. The summed E-state index contributed by atoms with van der Waals surface area (Å²) in [5.74, 6) is -2.47. The number of carbonyl (C=O) groups is 2. The van der Waals surface area contributed by atoms with Gasteiger partial charge in [-0.1, -0.05) is 20.3 Å². The Morgan fingerprint density at radius 2 is 2.05 bits per heavy atom. The second-order valence-corrected chi connectivity index (χ2v) is 5.83. The van der Waals surface area contributed by atoms with Crippen LogP contribution in [0.3, 0.4) is 0 Å². The first-order valence-corrected chi connectivity index (χ1v) is 7.82. The van der Waals surface area contributed by atoms with Crippen LogP contribution in [-0.4, -0.2) is 30.8 Å². The maximum Gasteiger partial charge on any atom is 0.328 e. The molecule has 1 aromatic carbocycles. The molecule has 22 heavy (non-hydrogen) atoms. The Morgan fingerprint density at radius 3 is 2.59 bits per heavy atom. The topological polar surface area (TPSA) is 55.4 Å². The van der Waals surface area contributed by atoms with Crippen molar-refractivity contribution >= 4 is 23.6 Å². The number of carbonyl (C=O) groups excluding carboxylic acids is 2. The van der Waals surface area contributed by atoms with E-state index in [4.69, 9.17) is 0 Å². The SMILES string of the molecule is CC[C@@H](C)[C@@H](NC(=O)CSc1ccc(F)cc1F)C(=O)OC. The van der Waals surface area contributed by atoms with Crippen LogP contribution in [0, 0.1) is 17.6 Å². The molecule has 0 fully saturated rings. The molecular formula is C15H19F2NO3S. The third-order valence-electron chi connectivity index (χ3n) is 3.24. The van der Waals surface area contributed by atoms with Gasteiger partial charge in [-0.3, -0.25) is 4.79 Å². The average molecular weight is 331 g/mol. The quantitative estimate of drug-likeness (QED) is 0.617. The zero-order valence-corrected chi connectivity index (χ0v) is 13.5. The first-order chi connectivity index (χ1) is 10.4. The number of amides is 1. The van der Waals surface area contributed by atoms with Gasteiger partial charge in [-0.2, -0.15) is 0 Å². The molecule has 0 unspecified atom stereocenters. The summed E-state index contributed by atoms with van der Waals surface area (Å²) < 4.78 is 30.9. The van der Waals surface area contributed by atoms with Crippen molar-refractivity contribution in [2.24, 2.45) is 5.92 Å². The maximum atomic E-state index is 13.5. The zero-order chi connectivity index (χ0) is 16.7. The maximum absolute atomic E-state index is 13.5. The van der Waals surface area contributed by atoms with Crippen LogP contribution >= 0.6 is 11.8 Å². The summed E-state index contributed by atoms with van der Waals surface area (Å²) in [4.78, 5) is 23.8. The van der Waals surface area contributed by atoms with E-state index in [1.54, 1.807) is 0 Å². The molecule has 1 rings (SSSR count). The number of rotatable bonds is 7. The predicted molar refractivity (Wildman–Crippen MR) is 80.5 cm³/mol. The monoisotopic (exact) mass is 331 g/mol. The summed E-state index contributed by atoms with van der Waals surface area (Å²) in [5.41, 5.74) is 0. The van der Waals surface area contributed by atoms with Gasteiger partial charge in [0.05, 0.1) is 12.9 Å². The highest BCUT2D eigenvalue weighted by Crippen LogP contribution is 2.22. The van der Waals surface area contributed by atoms with E-state index in [-0.39, 0.29) is 16.6 Å². The molecule has 2 atom stereocenters. The first kappa shape index (κ1) is 18.4. The zero-order valence-electron chi connectivity index (χ0n) is 12.7. The number of thioether (sulfide) groups is 1. The number of nitrogens with one attached hydrogen (secondary N) is 1. The summed E-state index contributed by atoms with van der Waals surface area (Å²) in [5, 5.41) is 2.59. The minimum atomic E-state index is -0.735. The van der Waals surface area contributed by atoms with E-state index in [0.717, 1.165) is 23.9 Å². The number of esters is 1. The van der Waals surface area contributed by atoms with Crippen molar-refractivity contribution in [3.8, 4) is 0 Å². The summed E-state index contributed by atoms with van der Waals surface area (Å²) in [6, 6.07) is 2.42. The second-order valence-electron chi connectivity index (χ2n) is 4.82. The fourth-order valence-corrected chi connectivity index (χ4v) is 2.48. The summed E-state index contributed by atoms with van der Waals surface area (Å²) in [6.45, 7) is 3.73. The second kappa shape index (κ2) is 8.73. The minimum absolute atomic E-state index is 0.0769. The van der Waals surface area contributed by atoms with Gasteiger partial charge in [0.25, 0.3) is 0 Å². The van der Waals surface area contributed by atoms with Crippen molar-refractivity contribution in [3.05, 3.63) is 29.8 Å². The number of methoxy groups -OCH3 is 1. The third-order valence-corrected chi connectivity index (χ3v) is 4.29. The Kier molecular flexibility index (Phi) is 7.31. The number of ether oxygens (including phenoxy) is 1. The molecule has 0 aliphatic rings. The summed E-state index contributed by atoms with van der Waals surface area (Å²) in [7, 11) is 1.26. The van der Waals surface area contributed by atoms with Crippen LogP contribution in [0.2, 0.25) is 0 Å². The lowest BCUT2D eigenvalue weighted by Gasteiger charge is -2.21. The Labute approximate surface area is 132 Å². The van der Waals surface area contributed by atoms with Gasteiger partial charge in [0, 0.05) is 11.0 Å². The van der Waals surface area contributed by atoms with Gasteiger partial charge in [0.15, 0.2) is 0 Å². The van der Waals surface area contributed by atoms with Crippen LogP contribution in [0.4, 0.5) is 8.78 Å². The van der Waals surface area contributed by atoms with Crippen molar-refractivity contribution in [3.63, 3.8) is 0 Å². The van der Waals surface area contributed by atoms with Gasteiger partial charge >= 0.3 is 5.97 Å². The molecule has 0 heterocycles. The molecule has 0 aromatic heterocycles. The Hall–Kier alpha value is -1.63. The lowest BCUT2D eigenvalue weighted by molar-refractivity contribution is -0.146. The molecule has 0 aliphatic heterocycles. The molecule has 0 saturated carbocycles. The van der Waals surface area contributed by atoms with Crippen LogP contribution in [0.15, 0.2) is 23.1 Å². The van der Waals surface area contributed by atoms with E-state index < -0.39 is 29.6 Å². The minimum Gasteiger partial charge on any atom is -0.467 e. The van der Waals surface area contributed by atoms with E-state index in [1.165, 1.54) is 13.2 Å². The molecule has 122 valence electrons. The Balaban J connectivity index is 2.62. The largest absolute Gasteiger partial charge is 0.467 e. The van der Waals surface area contributed by atoms with Crippen LogP contribution in [0.5, 0.6) is 0 Å². The van der Waals surface area contributed by atoms with Crippen molar-refractivity contribution in [1.82, 2.24) is 5.32 Å². The van der Waals surface area contributed by atoms with Crippen molar-refractivity contribution in [2.75, 3.05) is 12.9 Å². The lowest BCUT2D eigenvalue weighted by Crippen LogP contribution is -2.46. The van der Waals surface area contributed by atoms with E-state index in [1.807, 2.05) is 13.8 Å². The van der Waals surface area contributed by atoms with Crippen molar-refractivity contribution in [1.29, 1.82) is 0 Å². The van der Waals surface area contributed by atoms with Crippen LogP contribution in [0.25, 0.3) is 0 Å². The molecule has 1 amide bonds. The van der Waals surface area contributed by atoms with Gasteiger partial charge in [-0.15, -0.1) is 11.8 Å². The smallest absolute Gasteiger partial charge is 0.328 e. The average Bonchev–Trinajstić information content (AvgIpc) is 2.50. The molecular weight excluding hydrogens is 312 g/mol. The molecule has 0 bridgehead atoms. The molecule has 0 spiro atoms. The highest BCUT2D eigenvalue weighted by molar-refractivity contribution is 8.00. The van der Waals surface area contributed by atoms with Gasteiger partial charge in [-0.05, 0) is 18.1 Å². The molecule has 0 saturated heterocycles. The number of hydrogen-bond acceptors (Lipinski definition) is 4. The molecule has 7 heteroatoms. The van der Waals surface area contributed by atoms with E-state index in [0.29, 0.717) is 6.42 Å². The van der Waals surface area contributed by atoms with E-state index in [2.05, 4.69) is 10.1 Å². The first-order valence-electron chi connectivity index (χ1n) is 6.84.